The van der Waals surface area contributed by atoms with Gasteiger partial charge in [0.15, 0.2) is 0 Å². The van der Waals surface area contributed by atoms with Crippen molar-refractivity contribution in [3.63, 3.8) is 0 Å². The fourth-order valence-corrected chi connectivity index (χ4v) is 3.29. The molecule has 0 radical (unpaired) electrons. The first-order valence-electron chi connectivity index (χ1n) is 9.85. The Balaban J connectivity index is 1.72. The molecule has 0 saturated carbocycles. The third-order valence-electron chi connectivity index (χ3n) is 4.72. The van der Waals surface area contributed by atoms with E-state index >= 15 is 0 Å². The Morgan fingerprint density at radius 1 is 0.833 bits per heavy atom. The van der Waals surface area contributed by atoms with Crippen LogP contribution >= 0.6 is 0 Å². The predicted octanol–water partition coefficient (Wildman–Crippen LogP) is 5.88. The summed E-state index contributed by atoms with van der Waals surface area (Å²) in [6.07, 6.45) is 0. The fourth-order valence-electron chi connectivity index (χ4n) is 3.29. The van der Waals surface area contributed by atoms with Crippen LogP contribution in [0.3, 0.4) is 0 Å². The maximum Gasteiger partial charge on any atom is 0.229 e. The molecular weight excluding hydrogens is 372 g/mol. The number of para-hydroxylation sites is 3. The van der Waals surface area contributed by atoms with E-state index in [1.54, 1.807) is 7.11 Å². The Hall–Kier alpha value is -3.86. The first-order chi connectivity index (χ1) is 14.7. The van der Waals surface area contributed by atoms with E-state index in [1.807, 2.05) is 61.5 Å². The molecule has 30 heavy (non-hydrogen) atoms. The van der Waals surface area contributed by atoms with E-state index in [4.69, 9.17) is 9.72 Å². The molecule has 0 atom stereocenters. The second-order valence-corrected chi connectivity index (χ2v) is 6.92. The average molecular weight is 396 g/mol. The summed E-state index contributed by atoms with van der Waals surface area (Å²) in [6.45, 7) is 2.68. The number of aromatic nitrogens is 2. The van der Waals surface area contributed by atoms with Crippen molar-refractivity contribution in [3.05, 3.63) is 102 Å². The molecule has 1 N–H and O–H groups in total. The minimum atomic E-state index is 0.531. The van der Waals surface area contributed by atoms with Crippen LogP contribution in [0.25, 0.3) is 0 Å². The van der Waals surface area contributed by atoms with E-state index in [0.717, 1.165) is 28.6 Å². The number of aryl methyl sites for hydroxylation is 1. The Bertz CT molecular complexity index is 1100. The molecule has 0 aliphatic rings. The normalized spacial score (nSPS) is 10.5. The molecule has 0 bridgehead atoms. The molecule has 0 aliphatic heterocycles. The van der Waals surface area contributed by atoms with Crippen molar-refractivity contribution in [1.82, 2.24) is 9.97 Å². The maximum atomic E-state index is 5.45. The lowest BCUT2D eigenvalue weighted by Crippen LogP contribution is -2.18. The Morgan fingerprint density at radius 2 is 1.50 bits per heavy atom. The Labute approximate surface area is 177 Å². The number of hydrogen-bond donors (Lipinski definition) is 1. The molecular formula is C25H24N4O. The number of hydrogen-bond acceptors (Lipinski definition) is 5. The standard InChI is InChI=1S/C25H24N4O/c1-19-17-24(28-25(26-19)27-22-15-9-10-16-23(22)30-2)29(21-13-7-4-8-14-21)18-20-11-5-3-6-12-20/h3-17H,18H2,1-2H3,(H,26,27,28). The predicted molar refractivity (Wildman–Crippen MR) is 122 cm³/mol. The number of rotatable bonds is 7. The van der Waals surface area contributed by atoms with Gasteiger partial charge in [0.2, 0.25) is 5.95 Å². The topological polar surface area (TPSA) is 50.3 Å². The SMILES string of the molecule is COc1ccccc1Nc1nc(C)cc(N(Cc2ccccc2)c2ccccc2)n1. The quantitative estimate of drug-likeness (QED) is 0.423. The van der Waals surface area contributed by atoms with E-state index in [1.165, 1.54) is 5.56 Å². The summed E-state index contributed by atoms with van der Waals surface area (Å²) in [5, 5.41) is 3.30. The smallest absolute Gasteiger partial charge is 0.229 e. The van der Waals surface area contributed by atoms with Crippen LogP contribution in [-0.2, 0) is 6.54 Å². The summed E-state index contributed by atoms with van der Waals surface area (Å²) in [4.78, 5) is 11.6. The van der Waals surface area contributed by atoms with Gasteiger partial charge in [0.25, 0.3) is 0 Å². The van der Waals surface area contributed by atoms with Gasteiger partial charge in [0.1, 0.15) is 11.6 Å². The lowest BCUT2D eigenvalue weighted by molar-refractivity contribution is 0.417. The lowest BCUT2D eigenvalue weighted by atomic mass is 10.2. The van der Waals surface area contributed by atoms with E-state index < -0.39 is 0 Å². The number of nitrogens with one attached hydrogen (secondary N) is 1. The molecule has 5 heteroatoms. The van der Waals surface area contributed by atoms with Crippen LogP contribution in [0.5, 0.6) is 5.75 Å². The lowest BCUT2D eigenvalue weighted by Gasteiger charge is -2.25. The van der Waals surface area contributed by atoms with E-state index in [-0.39, 0.29) is 0 Å². The zero-order valence-corrected chi connectivity index (χ0v) is 17.1. The molecule has 3 aromatic carbocycles. The molecule has 0 amide bonds. The highest BCUT2D eigenvalue weighted by molar-refractivity contribution is 5.65. The third kappa shape index (κ3) is 4.58. The average Bonchev–Trinajstić information content (AvgIpc) is 2.79. The van der Waals surface area contributed by atoms with Crippen LogP contribution in [-0.4, -0.2) is 17.1 Å². The highest BCUT2D eigenvalue weighted by Gasteiger charge is 2.14. The highest BCUT2D eigenvalue weighted by atomic mass is 16.5. The van der Waals surface area contributed by atoms with Gasteiger partial charge in [-0.1, -0.05) is 60.7 Å². The first kappa shape index (κ1) is 19.5. The van der Waals surface area contributed by atoms with Crippen LogP contribution < -0.4 is 15.0 Å². The molecule has 4 rings (SSSR count). The summed E-state index contributed by atoms with van der Waals surface area (Å²) >= 11 is 0. The van der Waals surface area contributed by atoms with Gasteiger partial charge in [-0.3, -0.25) is 0 Å². The molecule has 1 aromatic heterocycles. The van der Waals surface area contributed by atoms with Gasteiger partial charge in [-0.2, -0.15) is 4.98 Å². The third-order valence-corrected chi connectivity index (χ3v) is 4.72. The molecule has 1 heterocycles. The van der Waals surface area contributed by atoms with Crippen molar-refractivity contribution >= 4 is 23.1 Å². The zero-order chi connectivity index (χ0) is 20.8. The monoisotopic (exact) mass is 396 g/mol. The molecule has 0 fully saturated rings. The first-order valence-corrected chi connectivity index (χ1v) is 9.85. The molecule has 150 valence electrons. The van der Waals surface area contributed by atoms with E-state index in [9.17, 15) is 0 Å². The summed E-state index contributed by atoms with van der Waals surface area (Å²) in [7, 11) is 1.65. The van der Waals surface area contributed by atoms with Crippen molar-refractivity contribution in [1.29, 1.82) is 0 Å². The molecule has 0 saturated heterocycles. The van der Waals surface area contributed by atoms with Gasteiger partial charge < -0.3 is 15.0 Å². The van der Waals surface area contributed by atoms with E-state index in [0.29, 0.717) is 12.5 Å². The minimum Gasteiger partial charge on any atom is -0.495 e. The van der Waals surface area contributed by atoms with Gasteiger partial charge in [-0.25, -0.2) is 4.98 Å². The summed E-state index contributed by atoms with van der Waals surface area (Å²) in [5.41, 5.74) is 3.98. The Kier molecular flexibility index (Phi) is 5.90. The number of benzene rings is 3. The zero-order valence-electron chi connectivity index (χ0n) is 17.1. The van der Waals surface area contributed by atoms with Crippen LogP contribution in [0.2, 0.25) is 0 Å². The van der Waals surface area contributed by atoms with Gasteiger partial charge in [-0.05, 0) is 36.8 Å². The van der Waals surface area contributed by atoms with Gasteiger partial charge in [0, 0.05) is 24.0 Å². The molecule has 5 nitrogen and oxygen atoms in total. The number of methoxy groups -OCH3 is 1. The van der Waals surface area contributed by atoms with Gasteiger partial charge in [0.05, 0.1) is 12.8 Å². The van der Waals surface area contributed by atoms with E-state index in [2.05, 4.69) is 51.6 Å². The molecule has 0 aliphatic carbocycles. The van der Waals surface area contributed by atoms with Crippen LogP contribution in [0, 0.1) is 6.92 Å². The Morgan fingerprint density at radius 3 is 2.23 bits per heavy atom. The second-order valence-electron chi connectivity index (χ2n) is 6.92. The number of ether oxygens (including phenoxy) is 1. The van der Waals surface area contributed by atoms with Crippen LogP contribution in [0.1, 0.15) is 11.3 Å². The second kappa shape index (κ2) is 9.09. The highest BCUT2D eigenvalue weighted by Crippen LogP contribution is 2.30. The summed E-state index contributed by atoms with van der Waals surface area (Å²) in [6, 6.07) is 30.4. The van der Waals surface area contributed by atoms with Gasteiger partial charge in [-0.15, -0.1) is 0 Å². The number of anilines is 4. The van der Waals surface area contributed by atoms with Crippen molar-refractivity contribution < 1.29 is 4.74 Å². The number of nitrogens with zero attached hydrogens (tertiary/aromatic N) is 3. The van der Waals surface area contributed by atoms with Crippen molar-refractivity contribution in [3.8, 4) is 5.75 Å². The molecule has 0 unspecified atom stereocenters. The van der Waals surface area contributed by atoms with Crippen LogP contribution in [0.4, 0.5) is 23.1 Å². The fraction of sp³-hybridized carbons (Fsp3) is 0.120. The largest absolute Gasteiger partial charge is 0.495 e. The van der Waals surface area contributed by atoms with Crippen molar-refractivity contribution in [2.24, 2.45) is 0 Å². The summed E-state index contributed by atoms with van der Waals surface area (Å²) < 4.78 is 5.45. The van der Waals surface area contributed by atoms with Crippen molar-refractivity contribution in [2.75, 3.05) is 17.3 Å². The molecule has 4 aromatic rings. The maximum absolute atomic E-state index is 5.45. The van der Waals surface area contributed by atoms with Gasteiger partial charge >= 0.3 is 0 Å². The minimum absolute atomic E-state index is 0.531. The van der Waals surface area contributed by atoms with Crippen LogP contribution in [0.15, 0.2) is 91.0 Å². The van der Waals surface area contributed by atoms with Crippen molar-refractivity contribution in [2.45, 2.75) is 13.5 Å². The summed E-state index contributed by atoms with van der Waals surface area (Å²) in [5.74, 6) is 2.10. The molecule has 0 spiro atoms.